The molecule has 0 aliphatic heterocycles. The van der Waals surface area contributed by atoms with E-state index in [1.54, 1.807) is 24.3 Å². The molecule has 0 aliphatic rings. The van der Waals surface area contributed by atoms with Crippen molar-refractivity contribution in [3.05, 3.63) is 58.6 Å². The van der Waals surface area contributed by atoms with E-state index in [0.717, 1.165) is 0 Å². The normalized spacial score (nSPS) is 11.0. The van der Waals surface area contributed by atoms with E-state index in [9.17, 15) is 14.4 Å². The van der Waals surface area contributed by atoms with Crippen molar-refractivity contribution in [2.75, 3.05) is 11.9 Å². The van der Waals surface area contributed by atoms with E-state index >= 15 is 0 Å². The molecule has 2 aromatic rings. The number of amides is 1. The Bertz CT molecular complexity index is 890. The number of hydrogen-bond acceptors (Lipinski definition) is 6. The molecule has 0 aromatic heterocycles. The molecular formula is C19H15ClN2O5. The monoisotopic (exact) mass is 386 g/mol. The number of benzene rings is 2. The van der Waals surface area contributed by atoms with Gasteiger partial charge in [-0.1, -0.05) is 11.6 Å². The molecule has 7 nitrogen and oxygen atoms in total. The molecule has 0 fully saturated rings. The van der Waals surface area contributed by atoms with Crippen LogP contribution in [0.25, 0.3) is 0 Å². The minimum Gasteiger partial charge on any atom is -0.482 e. The zero-order chi connectivity index (χ0) is 19.8. The Balaban J connectivity index is 1.84. The fourth-order valence-corrected chi connectivity index (χ4v) is 2.22. The molecule has 0 radical (unpaired) electrons. The van der Waals surface area contributed by atoms with E-state index < -0.39 is 18.0 Å². The van der Waals surface area contributed by atoms with E-state index in [0.29, 0.717) is 23.3 Å². The number of halogens is 1. The van der Waals surface area contributed by atoms with Gasteiger partial charge in [0.2, 0.25) is 0 Å². The number of aldehydes is 1. The minimum absolute atomic E-state index is 0.203. The summed E-state index contributed by atoms with van der Waals surface area (Å²) >= 11 is 5.90. The number of nitrogens with one attached hydrogen (secondary N) is 1. The van der Waals surface area contributed by atoms with Gasteiger partial charge in [-0.05, 0) is 49.4 Å². The molecule has 1 N–H and O–H groups in total. The molecule has 27 heavy (non-hydrogen) atoms. The van der Waals surface area contributed by atoms with Gasteiger partial charge in [-0.25, -0.2) is 4.79 Å². The van der Waals surface area contributed by atoms with Gasteiger partial charge in [-0.2, -0.15) is 5.26 Å². The van der Waals surface area contributed by atoms with Crippen LogP contribution in [0.15, 0.2) is 42.5 Å². The average molecular weight is 387 g/mol. The van der Waals surface area contributed by atoms with Crippen LogP contribution < -0.4 is 10.1 Å². The number of rotatable bonds is 7. The molecule has 2 rings (SSSR count). The molecule has 2 aromatic carbocycles. The van der Waals surface area contributed by atoms with Crippen LogP contribution in [0.1, 0.15) is 22.8 Å². The predicted molar refractivity (Wildman–Crippen MR) is 97.7 cm³/mol. The Kier molecular flexibility index (Phi) is 6.92. The maximum atomic E-state index is 12.1. The average Bonchev–Trinajstić information content (AvgIpc) is 2.66. The number of anilines is 1. The summed E-state index contributed by atoms with van der Waals surface area (Å²) in [6.07, 6.45) is -0.368. The van der Waals surface area contributed by atoms with Gasteiger partial charge in [-0.3, -0.25) is 9.59 Å². The van der Waals surface area contributed by atoms with Crippen molar-refractivity contribution in [3.8, 4) is 11.8 Å². The summed E-state index contributed by atoms with van der Waals surface area (Å²) in [5.41, 5.74) is 1.14. The summed E-state index contributed by atoms with van der Waals surface area (Å²) < 4.78 is 10.2. The molecule has 0 unspecified atom stereocenters. The molecule has 0 spiro atoms. The number of carbonyl (C=O) groups is 3. The first-order valence-corrected chi connectivity index (χ1v) is 8.18. The van der Waals surface area contributed by atoms with E-state index in [-0.39, 0.29) is 17.2 Å². The second-order valence-corrected chi connectivity index (χ2v) is 5.81. The maximum Gasteiger partial charge on any atom is 0.344 e. The molecule has 0 saturated heterocycles. The van der Waals surface area contributed by atoms with E-state index in [4.69, 9.17) is 26.3 Å². The number of hydrogen-bond donors (Lipinski definition) is 1. The molecule has 1 atom stereocenters. The van der Waals surface area contributed by atoms with Gasteiger partial charge in [-0.15, -0.1) is 0 Å². The SMILES string of the molecule is C[C@@H](OC(=O)COc1ccc(C=O)cc1)C(=O)Nc1ccc(C#N)c(Cl)c1. The number of ether oxygens (including phenoxy) is 2. The fourth-order valence-electron chi connectivity index (χ4n) is 2.00. The van der Waals surface area contributed by atoms with E-state index in [1.165, 1.54) is 25.1 Å². The molecule has 1 amide bonds. The van der Waals surface area contributed by atoms with Gasteiger partial charge < -0.3 is 14.8 Å². The Morgan fingerprint density at radius 2 is 1.96 bits per heavy atom. The third-order valence-electron chi connectivity index (χ3n) is 3.41. The molecule has 138 valence electrons. The van der Waals surface area contributed by atoms with Crippen LogP contribution in [0.2, 0.25) is 5.02 Å². The van der Waals surface area contributed by atoms with Gasteiger partial charge in [0.15, 0.2) is 12.7 Å². The van der Waals surface area contributed by atoms with Crippen molar-refractivity contribution in [3.63, 3.8) is 0 Å². The topological polar surface area (TPSA) is 105 Å². The second kappa shape index (κ2) is 9.36. The van der Waals surface area contributed by atoms with Crippen LogP contribution in [0, 0.1) is 11.3 Å². The van der Waals surface area contributed by atoms with Crippen LogP contribution in [0.4, 0.5) is 5.69 Å². The summed E-state index contributed by atoms with van der Waals surface area (Å²) in [6, 6.07) is 12.5. The highest BCUT2D eigenvalue weighted by Crippen LogP contribution is 2.20. The molecule has 0 bridgehead atoms. The van der Waals surface area contributed by atoms with Crippen molar-refractivity contribution >= 4 is 35.5 Å². The largest absolute Gasteiger partial charge is 0.482 e. The third kappa shape index (κ3) is 5.83. The standard InChI is InChI=1S/C19H15ClN2O5/c1-12(19(25)22-15-5-4-14(9-21)17(20)8-15)27-18(24)11-26-16-6-2-13(10-23)3-7-16/h2-8,10,12H,11H2,1H3,(H,22,25)/t12-/m1/s1. The van der Waals surface area contributed by atoms with Crippen molar-refractivity contribution < 1.29 is 23.9 Å². The van der Waals surface area contributed by atoms with E-state index in [1.807, 2.05) is 6.07 Å². The number of nitriles is 1. The van der Waals surface area contributed by atoms with Crippen molar-refractivity contribution in [2.24, 2.45) is 0 Å². The lowest BCUT2D eigenvalue weighted by molar-refractivity contribution is -0.155. The zero-order valence-electron chi connectivity index (χ0n) is 14.3. The minimum atomic E-state index is -1.06. The first-order valence-electron chi connectivity index (χ1n) is 7.81. The van der Waals surface area contributed by atoms with Gasteiger partial charge in [0.05, 0.1) is 10.6 Å². The summed E-state index contributed by atoms with van der Waals surface area (Å²) in [6.45, 7) is 1.03. The lowest BCUT2D eigenvalue weighted by Gasteiger charge is -2.14. The van der Waals surface area contributed by atoms with Crippen LogP contribution in [0.3, 0.4) is 0 Å². The lowest BCUT2D eigenvalue weighted by Crippen LogP contribution is -2.31. The van der Waals surface area contributed by atoms with Crippen LogP contribution >= 0.6 is 11.6 Å². The van der Waals surface area contributed by atoms with Crippen molar-refractivity contribution in [1.82, 2.24) is 0 Å². The van der Waals surface area contributed by atoms with Crippen LogP contribution in [-0.2, 0) is 14.3 Å². The number of esters is 1. The van der Waals surface area contributed by atoms with Crippen molar-refractivity contribution in [1.29, 1.82) is 5.26 Å². The molecule has 8 heteroatoms. The van der Waals surface area contributed by atoms with Gasteiger partial charge in [0.1, 0.15) is 18.1 Å². The summed E-state index contributed by atoms with van der Waals surface area (Å²) in [4.78, 5) is 34.5. The quantitative estimate of drug-likeness (QED) is 0.579. The summed E-state index contributed by atoms with van der Waals surface area (Å²) in [7, 11) is 0. The first-order chi connectivity index (χ1) is 12.9. The molecule has 0 heterocycles. The number of carbonyl (C=O) groups excluding carboxylic acids is 3. The predicted octanol–water partition coefficient (Wildman–Crippen LogP) is 2.97. The van der Waals surface area contributed by atoms with Crippen LogP contribution in [0.5, 0.6) is 5.75 Å². The van der Waals surface area contributed by atoms with Crippen molar-refractivity contribution in [2.45, 2.75) is 13.0 Å². The Hall–Kier alpha value is -3.37. The van der Waals surface area contributed by atoms with Crippen LogP contribution in [-0.4, -0.2) is 30.9 Å². The highest BCUT2D eigenvalue weighted by Gasteiger charge is 2.18. The van der Waals surface area contributed by atoms with E-state index in [2.05, 4.69) is 5.32 Å². The fraction of sp³-hybridized carbons (Fsp3) is 0.158. The summed E-state index contributed by atoms with van der Waals surface area (Å²) in [5.74, 6) is -0.892. The Morgan fingerprint density at radius 3 is 2.56 bits per heavy atom. The highest BCUT2D eigenvalue weighted by atomic mass is 35.5. The van der Waals surface area contributed by atoms with Gasteiger partial charge in [0.25, 0.3) is 5.91 Å². The molecule has 0 aliphatic carbocycles. The van der Waals surface area contributed by atoms with Gasteiger partial charge >= 0.3 is 5.97 Å². The third-order valence-corrected chi connectivity index (χ3v) is 3.72. The highest BCUT2D eigenvalue weighted by molar-refractivity contribution is 6.32. The Morgan fingerprint density at radius 1 is 1.26 bits per heavy atom. The zero-order valence-corrected chi connectivity index (χ0v) is 15.0. The first kappa shape index (κ1) is 19.9. The second-order valence-electron chi connectivity index (χ2n) is 5.40. The number of nitrogens with zero attached hydrogens (tertiary/aromatic N) is 1. The summed E-state index contributed by atoms with van der Waals surface area (Å²) in [5, 5.41) is 11.6. The Labute approximate surface area is 160 Å². The smallest absolute Gasteiger partial charge is 0.344 e. The maximum absolute atomic E-state index is 12.1. The molecule has 0 saturated carbocycles. The lowest BCUT2D eigenvalue weighted by atomic mass is 10.2. The van der Waals surface area contributed by atoms with Gasteiger partial charge in [0, 0.05) is 11.3 Å². The molecular weight excluding hydrogens is 372 g/mol.